The number of imide groups is 1. The van der Waals surface area contributed by atoms with Crippen LogP contribution in [0.25, 0.3) is 10.9 Å². The molecule has 0 saturated carbocycles. The number of urea groups is 1. The van der Waals surface area contributed by atoms with E-state index in [2.05, 4.69) is 20.9 Å². The summed E-state index contributed by atoms with van der Waals surface area (Å²) in [5.74, 6) is -1.32. The van der Waals surface area contributed by atoms with Gasteiger partial charge >= 0.3 is 6.03 Å². The Morgan fingerprint density at radius 2 is 2.04 bits per heavy atom. The van der Waals surface area contributed by atoms with Crippen LogP contribution < -0.4 is 16.0 Å². The molecule has 7 nitrogen and oxygen atoms in total. The first-order chi connectivity index (χ1) is 11.4. The van der Waals surface area contributed by atoms with Crippen molar-refractivity contribution >= 4 is 34.4 Å². The van der Waals surface area contributed by atoms with Gasteiger partial charge in [0.25, 0.3) is 0 Å². The minimum Gasteiger partial charge on any atom is -0.335 e. The quantitative estimate of drug-likeness (QED) is 0.799. The molecule has 3 N–H and O–H groups in total. The summed E-state index contributed by atoms with van der Waals surface area (Å²) in [5.41, 5.74) is 2.34. The molecule has 24 heavy (non-hydrogen) atoms. The molecule has 1 saturated heterocycles. The van der Waals surface area contributed by atoms with E-state index in [0.29, 0.717) is 5.69 Å². The van der Waals surface area contributed by atoms with E-state index in [1.54, 1.807) is 13.0 Å². The van der Waals surface area contributed by atoms with Crippen LogP contribution >= 0.6 is 0 Å². The van der Waals surface area contributed by atoms with Crippen LogP contribution in [-0.2, 0) is 9.59 Å². The summed E-state index contributed by atoms with van der Waals surface area (Å²) < 4.78 is 0. The van der Waals surface area contributed by atoms with Gasteiger partial charge in [-0.05, 0) is 38.1 Å². The topological polar surface area (TPSA) is 100 Å². The fraction of sp³-hybridized carbons (Fsp3) is 0.294. The Kier molecular flexibility index (Phi) is 4.16. The molecule has 2 heterocycles. The van der Waals surface area contributed by atoms with Crippen LogP contribution in [0.2, 0.25) is 0 Å². The van der Waals surface area contributed by atoms with Crippen LogP contribution in [0.15, 0.2) is 30.3 Å². The molecule has 2 unspecified atom stereocenters. The Bertz CT molecular complexity index is 834. The first-order valence-corrected chi connectivity index (χ1v) is 7.71. The van der Waals surface area contributed by atoms with Gasteiger partial charge in [0, 0.05) is 23.5 Å². The maximum atomic E-state index is 12.3. The first kappa shape index (κ1) is 15.9. The van der Waals surface area contributed by atoms with E-state index in [1.165, 1.54) is 0 Å². The summed E-state index contributed by atoms with van der Waals surface area (Å²) in [4.78, 5) is 39.9. The smallest absolute Gasteiger partial charge is 0.321 e. The monoisotopic (exact) mass is 326 g/mol. The number of rotatable bonds is 3. The van der Waals surface area contributed by atoms with Crippen LogP contribution in [0.1, 0.15) is 19.0 Å². The van der Waals surface area contributed by atoms with Gasteiger partial charge < -0.3 is 10.6 Å². The minimum atomic E-state index is -0.599. The number of nitrogens with one attached hydrogen (secondary N) is 3. The van der Waals surface area contributed by atoms with E-state index >= 15 is 0 Å². The fourth-order valence-electron chi connectivity index (χ4n) is 2.81. The number of aryl methyl sites for hydroxylation is 1. The van der Waals surface area contributed by atoms with Crippen LogP contribution in [0.4, 0.5) is 10.5 Å². The average molecular weight is 326 g/mol. The average Bonchev–Trinajstić information content (AvgIpc) is 2.50. The van der Waals surface area contributed by atoms with Gasteiger partial charge in [-0.1, -0.05) is 6.07 Å². The third kappa shape index (κ3) is 3.19. The third-order valence-corrected chi connectivity index (χ3v) is 4.09. The van der Waals surface area contributed by atoms with Gasteiger partial charge in [-0.3, -0.25) is 19.9 Å². The predicted octanol–water partition coefficient (Wildman–Crippen LogP) is 1.72. The zero-order valence-corrected chi connectivity index (χ0v) is 13.4. The lowest BCUT2D eigenvalue weighted by molar-refractivity contribution is -0.129. The van der Waals surface area contributed by atoms with Gasteiger partial charge in [0.05, 0.1) is 17.1 Å². The molecule has 3 rings (SSSR count). The lowest BCUT2D eigenvalue weighted by Gasteiger charge is -2.28. The van der Waals surface area contributed by atoms with E-state index in [9.17, 15) is 14.4 Å². The maximum Gasteiger partial charge on any atom is 0.321 e. The Hall–Kier alpha value is -2.96. The molecule has 124 valence electrons. The largest absolute Gasteiger partial charge is 0.335 e. The Morgan fingerprint density at radius 3 is 2.79 bits per heavy atom. The molecule has 1 aromatic carbocycles. The molecule has 1 aromatic heterocycles. The van der Waals surface area contributed by atoms with Crippen molar-refractivity contribution in [2.75, 3.05) is 5.32 Å². The molecule has 4 amide bonds. The number of benzene rings is 1. The second kappa shape index (κ2) is 6.27. The first-order valence-electron chi connectivity index (χ1n) is 7.71. The van der Waals surface area contributed by atoms with Crippen molar-refractivity contribution in [1.82, 2.24) is 15.6 Å². The highest BCUT2D eigenvalue weighted by molar-refractivity contribution is 6.04. The lowest BCUT2D eigenvalue weighted by atomic mass is 9.94. The van der Waals surface area contributed by atoms with Crippen LogP contribution in [0.3, 0.4) is 0 Å². The van der Waals surface area contributed by atoms with E-state index in [1.807, 2.05) is 31.2 Å². The molecule has 2 atom stereocenters. The summed E-state index contributed by atoms with van der Waals surface area (Å²) in [6.45, 7) is 3.61. The molecule has 1 aliphatic heterocycles. The second-order valence-electron chi connectivity index (χ2n) is 5.94. The Morgan fingerprint density at radius 1 is 1.25 bits per heavy atom. The van der Waals surface area contributed by atoms with Crippen molar-refractivity contribution in [3.63, 3.8) is 0 Å². The van der Waals surface area contributed by atoms with Crippen molar-refractivity contribution in [1.29, 1.82) is 0 Å². The number of fused-ring (bicyclic) bond motifs is 1. The molecule has 7 heteroatoms. The number of pyridine rings is 1. The standard InChI is InChI=1S/C17H18N4O3/c1-9-6-7-11-13(18-9)4-3-5-14(11)20-15(22)8-12-10(2)19-17(24)21-16(12)23/h3-7,10,12H,8H2,1-2H3,(H,20,22)(H2,19,21,23,24). The molecular weight excluding hydrogens is 308 g/mol. The maximum absolute atomic E-state index is 12.3. The predicted molar refractivity (Wildman–Crippen MR) is 89.4 cm³/mol. The van der Waals surface area contributed by atoms with Gasteiger partial charge in [-0.15, -0.1) is 0 Å². The lowest BCUT2D eigenvalue weighted by Crippen LogP contribution is -2.57. The summed E-state index contributed by atoms with van der Waals surface area (Å²) in [5, 5.41) is 8.46. The normalized spacial score (nSPS) is 20.4. The zero-order chi connectivity index (χ0) is 17.3. The van der Waals surface area contributed by atoms with Gasteiger partial charge in [0.2, 0.25) is 11.8 Å². The summed E-state index contributed by atoms with van der Waals surface area (Å²) in [6.07, 6.45) is -0.0110. The summed E-state index contributed by atoms with van der Waals surface area (Å²) in [6, 6.07) is 8.36. The number of amides is 4. The van der Waals surface area contributed by atoms with Crippen LogP contribution in [0, 0.1) is 12.8 Å². The van der Waals surface area contributed by atoms with E-state index in [0.717, 1.165) is 16.6 Å². The van der Waals surface area contributed by atoms with Crippen molar-refractivity contribution in [3.8, 4) is 0 Å². The van der Waals surface area contributed by atoms with Gasteiger partial charge in [0.1, 0.15) is 0 Å². The molecule has 0 spiro atoms. The van der Waals surface area contributed by atoms with Crippen LogP contribution in [-0.4, -0.2) is 28.9 Å². The molecule has 0 bridgehead atoms. The number of hydrogen-bond donors (Lipinski definition) is 3. The highest BCUT2D eigenvalue weighted by atomic mass is 16.2. The molecule has 1 aliphatic rings. The minimum absolute atomic E-state index is 0.0110. The molecule has 2 aromatic rings. The highest BCUT2D eigenvalue weighted by Gasteiger charge is 2.34. The van der Waals surface area contributed by atoms with E-state index < -0.39 is 23.9 Å². The SMILES string of the molecule is Cc1ccc2c(NC(=O)CC3C(=O)NC(=O)NC3C)cccc2n1. The number of carbonyl (C=O) groups is 3. The second-order valence-corrected chi connectivity index (χ2v) is 5.94. The van der Waals surface area contributed by atoms with Crippen molar-refractivity contribution in [2.24, 2.45) is 5.92 Å². The molecule has 0 aliphatic carbocycles. The Balaban J connectivity index is 1.76. The van der Waals surface area contributed by atoms with Gasteiger partial charge in [0.15, 0.2) is 0 Å². The van der Waals surface area contributed by atoms with Gasteiger partial charge in [-0.2, -0.15) is 0 Å². The number of nitrogens with zero attached hydrogens (tertiary/aromatic N) is 1. The van der Waals surface area contributed by atoms with Gasteiger partial charge in [-0.25, -0.2) is 4.79 Å². The molecular formula is C17H18N4O3. The summed E-state index contributed by atoms with van der Waals surface area (Å²) in [7, 11) is 0. The molecule has 0 radical (unpaired) electrons. The van der Waals surface area contributed by atoms with Crippen molar-refractivity contribution in [3.05, 3.63) is 36.0 Å². The molecule has 1 fully saturated rings. The van der Waals surface area contributed by atoms with Crippen LogP contribution in [0.5, 0.6) is 0 Å². The Labute approximate surface area is 138 Å². The van der Waals surface area contributed by atoms with E-state index in [4.69, 9.17) is 0 Å². The zero-order valence-electron chi connectivity index (χ0n) is 13.4. The van der Waals surface area contributed by atoms with Crippen molar-refractivity contribution in [2.45, 2.75) is 26.3 Å². The number of carbonyl (C=O) groups excluding carboxylic acids is 3. The van der Waals surface area contributed by atoms with Crippen molar-refractivity contribution < 1.29 is 14.4 Å². The van der Waals surface area contributed by atoms with E-state index in [-0.39, 0.29) is 12.3 Å². The fourth-order valence-corrected chi connectivity index (χ4v) is 2.81. The number of hydrogen-bond acceptors (Lipinski definition) is 4. The summed E-state index contributed by atoms with van der Waals surface area (Å²) >= 11 is 0. The highest BCUT2D eigenvalue weighted by Crippen LogP contribution is 2.23. The third-order valence-electron chi connectivity index (χ3n) is 4.09. The number of anilines is 1. The number of aromatic nitrogens is 1.